The zero-order chi connectivity index (χ0) is 18.4. The molecule has 136 valence electrons. The van der Waals surface area contributed by atoms with E-state index in [-0.39, 0.29) is 11.7 Å². The molecule has 3 rings (SSSR count). The number of carbonyl (C=O) groups excluding carboxylic acids is 2. The van der Waals surface area contributed by atoms with Gasteiger partial charge in [-0.1, -0.05) is 42.5 Å². The minimum atomic E-state index is -0.528. The molecule has 5 heteroatoms. The third kappa shape index (κ3) is 4.00. The number of amides is 1. The second-order valence-electron chi connectivity index (χ2n) is 6.69. The average molecular weight is 352 g/mol. The van der Waals surface area contributed by atoms with Crippen molar-refractivity contribution < 1.29 is 14.3 Å². The fraction of sp³-hybridized carbons (Fsp3) is 0.333. The van der Waals surface area contributed by atoms with Crippen LogP contribution < -0.4 is 10.6 Å². The van der Waals surface area contributed by atoms with Crippen LogP contribution >= 0.6 is 0 Å². The smallest absolute Gasteiger partial charge is 0.233 e. The van der Waals surface area contributed by atoms with Gasteiger partial charge in [0.2, 0.25) is 5.91 Å². The van der Waals surface area contributed by atoms with Gasteiger partial charge < -0.3 is 15.4 Å². The highest BCUT2D eigenvalue weighted by molar-refractivity contribution is 6.09. The molecule has 0 aliphatic carbocycles. The number of benzene rings is 2. The number of ketones is 1. The van der Waals surface area contributed by atoms with Gasteiger partial charge in [0, 0.05) is 23.9 Å². The maximum absolute atomic E-state index is 12.9. The van der Waals surface area contributed by atoms with Crippen molar-refractivity contribution in [2.24, 2.45) is 5.41 Å². The average Bonchev–Trinajstić information content (AvgIpc) is 2.69. The fourth-order valence-electron chi connectivity index (χ4n) is 3.38. The van der Waals surface area contributed by atoms with Crippen LogP contribution in [-0.2, 0) is 9.53 Å². The Morgan fingerprint density at radius 3 is 2.42 bits per heavy atom. The topological polar surface area (TPSA) is 67.4 Å². The Morgan fingerprint density at radius 2 is 1.73 bits per heavy atom. The minimum Gasteiger partial charge on any atom is -0.384 e. The number of nitrogens with one attached hydrogen (secondary N) is 2. The SMILES string of the molecule is COCC1(C(=O)Nc2cccc(C(=O)c3ccccc3)c2)CCNCC1. The summed E-state index contributed by atoms with van der Waals surface area (Å²) in [4.78, 5) is 25.5. The van der Waals surface area contributed by atoms with E-state index in [2.05, 4.69) is 10.6 Å². The molecule has 5 nitrogen and oxygen atoms in total. The molecule has 1 amide bonds. The Kier molecular flexibility index (Phi) is 5.81. The molecular weight excluding hydrogens is 328 g/mol. The van der Waals surface area contributed by atoms with Crippen LogP contribution in [0.5, 0.6) is 0 Å². The van der Waals surface area contributed by atoms with Crippen LogP contribution in [0.3, 0.4) is 0 Å². The summed E-state index contributed by atoms with van der Waals surface area (Å²) in [5, 5.41) is 6.26. The van der Waals surface area contributed by atoms with Crippen LogP contribution in [0.1, 0.15) is 28.8 Å². The van der Waals surface area contributed by atoms with Gasteiger partial charge in [0.25, 0.3) is 0 Å². The molecule has 26 heavy (non-hydrogen) atoms. The standard InChI is InChI=1S/C21H24N2O3/c1-26-15-21(10-12-22-13-11-21)20(25)23-18-9-5-8-17(14-18)19(24)16-6-3-2-4-7-16/h2-9,14,22H,10-13,15H2,1H3,(H,23,25). The third-order valence-electron chi connectivity index (χ3n) is 4.88. The van der Waals surface area contributed by atoms with Gasteiger partial charge in [0.1, 0.15) is 0 Å². The first-order chi connectivity index (χ1) is 12.6. The van der Waals surface area contributed by atoms with E-state index in [9.17, 15) is 9.59 Å². The molecule has 2 aromatic carbocycles. The number of rotatable bonds is 6. The molecule has 1 saturated heterocycles. The number of hydrogen-bond acceptors (Lipinski definition) is 4. The van der Waals surface area contributed by atoms with Crippen molar-refractivity contribution >= 4 is 17.4 Å². The molecule has 0 aromatic heterocycles. The molecule has 0 bridgehead atoms. The molecule has 0 spiro atoms. The van der Waals surface area contributed by atoms with E-state index in [1.54, 1.807) is 43.5 Å². The maximum Gasteiger partial charge on any atom is 0.233 e. The normalized spacial score (nSPS) is 16.0. The quantitative estimate of drug-likeness (QED) is 0.785. The Balaban J connectivity index is 1.78. The molecular formula is C21H24N2O3. The zero-order valence-electron chi connectivity index (χ0n) is 15.0. The van der Waals surface area contributed by atoms with Crippen LogP contribution in [0.2, 0.25) is 0 Å². The van der Waals surface area contributed by atoms with Crippen molar-refractivity contribution in [2.75, 3.05) is 32.1 Å². The summed E-state index contributed by atoms with van der Waals surface area (Å²) in [7, 11) is 1.62. The first kappa shape index (κ1) is 18.3. The van der Waals surface area contributed by atoms with Crippen molar-refractivity contribution in [3.05, 3.63) is 65.7 Å². The molecule has 1 aliphatic rings. The molecule has 2 aromatic rings. The second kappa shape index (κ2) is 8.25. The fourth-order valence-corrected chi connectivity index (χ4v) is 3.38. The van der Waals surface area contributed by atoms with E-state index in [1.807, 2.05) is 18.2 Å². The zero-order valence-corrected chi connectivity index (χ0v) is 15.0. The molecule has 2 N–H and O–H groups in total. The number of carbonyl (C=O) groups is 2. The Hall–Kier alpha value is -2.50. The Bertz CT molecular complexity index is 762. The Labute approximate surface area is 153 Å². The Morgan fingerprint density at radius 1 is 1.04 bits per heavy atom. The highest BCUT2D eigenvalue weighted by Crippen LogP contribution is 2.31. The molecule has 1 fully saturated rings. The van der Waals surface area contributed by atoms with Crippen LogP contribution in [0.25, 0.3) is 0 Å². The van der Waals surface area contributed by atoms with Crippen molar-refractivity contribution in [3.8, 4) is 0 Å². The molecule has 0 atom stereocenters. The predicted octanol–water partition coefficient (Wildman–Crippen LogP) is 2.87. The first-order valence-corrected chi connectivity index (χ1v) is 8.85. The summed E-state index contributed by atoms with van der Waals surface area (Å²) < 4.78 is 5.32. The number of methoxy groups -OCH3 is 1. The van der Waals surface area contributed by atoms with Gasteiger partial charge in [-0.2, -0.15) is 0 Å². The highest BCUT2D eigenvalue weighted by Gasteiger charge is 2.39. The summed E-state index contributed by atoms with van der Waals surface area (Å²) in [6.07, 6.45) is 1.46. The summed E-state index contributed by atoms with van der Waals surface area (Å²) >= 11 is 0. The lowest BCUT2D eigenvalue weighted by Gasteiger charge is -2.35. The van der Waals surface area contributed by atoms with Gasteiger partial charge in [-0.15, -0.1) is 0 Å². The van der Waals surface area contributed by atoms with Crippen molar-refractivity contribution in [1.29, 1.82) is 0 Å². The van der Waals surface area contributed by atoms with Crippen molar-refractivity contribution in [3.63, 3.8) is 0 Å². The van der Waals surface area contributed by atoms with Crippen molar-refractivity contribution in [1.82, 2.24) is 5.32 Å². The van der Waals surface area contributed by atoms with E-state index >= 15 is 0 Å². The lowest BCUT2D eigenvalue weighted by Crippen LogP contribution is -2.47. The van der Waals surface area contributed by atoms with Gasteiger partial charge in [0.05, 0.1) is 12.0 Å². The maximum atomic E-state index is 12.9. The van der Waals surface area contributed by atoms with Crippen LogP contribution in [0.15, 0.2) is 54.6 Å². The number of ether oxygens (including phenoxy) is 1. The van der Waals surface area contributed by atoms with Crippen LogP contribution in [-0.4, -0.2) is 38.5 Å². The van der Waals surface area contributed by atoms with Crippen LogP contribution in [0, 0.1) is 5.41 Å². The monoisotopic (exact) mass is 352 g/mol. The molecule has 0 unspecified atom stereocenters. The number of anilines is 1. The van der Waals surface area contributed by atoms with Crippen molar-refractivity contribution in [2.45, 2.75) is 12.8 Å². The lowest BCUT2D eigenvalue weighted by atomic mass is 9.78. The summed E-state index contributed by atoms with van der Waals surface area (Å²) in [5.41, 5.74) is 1.29. The number of piperidine rings is 1. The largest absolute Gasteiger partial charge is 0.384 e. The predicted molar refractivity (Wildman–Crippen MR) is 101 cm³/mol. The first-order valence-electron chi connectivity index (χ1n) is 8.85. The summed E-state index contributed by atoms with van der Waals surface area (Å²) in [6, 6.07) is 16.2. The molecule has 1 aliphatic heterocycles. The van der Waals surface area contributed by atoms with Gasteiger partial charge >= 0.3 is 0 Å². The van der Waals surface area contributed by atoms with Gasteiger partial charge in [-0.3, -0.25) is 9.59 Å². The third-order valence-corrected chi connectivity index (χ3v) is 4.88. The second-order valence-corrected chi connectivity index (χ2v) is 6.69. The minimum absolute atomic E-state index is 0.0508. The number of hydrogen-bond donors (Lipinski definition) is 2. The van der Waals surface area contributed by atoms with Gasteiger partial charge in [-0.05, 0) is 38.1 Å². The van der Waals surface area contributed by atoms with Gasteiger partial charge in [-0.25, -0.2) is 0 Å². The van der Waals surface area contributed by atoms with E-state index in [1.165, 1.54) is 0 Å². The van der Waals surface area contributed by atoms with E-state index < -0.39 is 5.41 Å². The molecule has 0 saturated carbocycles. The lowest BCUT2D eigenvalue weighted by molar-refractivity contribution is -0.130. The molecule has 1 heterocycles. The van der Waals surface area contributed by atoms with E-state index in [0.29, 0.717) is 23.4 Å². The molecule has 0 radical (unpaired) electrons. The van der Waals surface area contributed by atoms with Gasteiger partial charge in [0.15, 0.2) is 5.78 Å². The van der Waals surface area contributed by atoms with E-state index in [4.69, 9.17) is 4.74 Å². The van der Waals surface area contributed by atoms with E-state index in [0.717, 1.165) is 25.9 Å². The van der Waals surface area contributed by atoms with Crippen LogP contribution in [0.4, 0.5) is 5.69 Å². The summed E-state index contributed by atoms with van der Waals surface area (Å²) in [5.74, 6) is -0.111. The highest BCUT2D eigenvalue weighted by atomic mass is 16.5. The summed E-state index contributed by atoms with van der Waals surface area (Å²) in [6.45, 7) is 1.98.